The van der Waals surface area contributed by atoms with Gasteiger partial charge in [-0.1, -0.05) is 13.8 Å². The lowest BCUT2D eigenvalue weighted by molar-refractivity contribution is -0.137. The van der Waals surface area contributed by atoms with E-state index in [1.54, 1.807) is 11.9 Å². The quantitative estimate of drug-likeness (QED) is 0.768. The molecule has 1 fully saturated rings. The molecule has 0 aromatic rings. The molecule has 6 heteroatoms. The summed E-state index contributed by atoms with van der Waals surface area (Å²) in [6, 6.07) is -0.493. The van der Waals surface area contributed by atoms with Crippen molar-refractivity contribution in [1.82, 2.24) is 10.2 Å². The number of nitrogens with zero attached hydrogens (tertiary/aromatic N) is 1. The predicted octanol–water partition coefficient (Wildman–Crippen LogP) is 0.916. The summed E-state index contributed by atoms with van der Waals surface area (Å²) in [4.78, 5) is 24.3. The van der Waals surface area contributed by atoms with Gasteiger partial charge in [0.15, 0.2) is 0 Å². The minimum atomic E-state index is -0.902. The number of hydrogen-bond acceptors (Lipinski definition) is 3. The van der Waals surface area contributed by atoms with Gasteiger partial charge in [-0.2, -0.15) is 0 Å². The average molecular weight is 258 g/mol. The van der Waals surface area contributed by atoms with Crippen LogP contribution in [-0.2, 0) is 9.53 Å². The third-order valence-corrected chi connectivity index (χ3v) is 3.28. The molecule has 1 rings (SSSR count). The van der Waals surface area contributed by atoms with Crippen molar-refractivity contribution in [1.29, 1.82) is 0 Å². The number of urea groups is 1. The van der Waals surface area contributed by atoms with E-state index in [-0.39, 0.29) is 30.5 Å². The Balaban J connectivity index is 2.51. The molecule has 0 aromatic heterocycles. The summed E-state index contributed by atoms with van der Waals surface area (Å²) in [5.74, 6) is -0.820. The van der Waals surface area contributed by atoms with E-state index in [4.69, 9.17) is 9.84 Å². The second kappa shape index (κ2) is 6.58. The summed E-state index contributed by atoms with van der Waals surface area (Å²) >= 11 is 0. The molecule has 1 heterocycles. The zero-order chi connectivity index (χ0) is 13.7. The number of carbonyl (C=O) groups excluding carboxylic acids is 1. The second-order valence-corrected chi connectivity index (χ2v) is 5.03. The van der Waals surface area contributed by atoms with Gasteiger partial charge in [-0.05, 0) is 12.3 Å². The van der Waals surface area contributed by atoms with E-state index in [1.165, 1.54) is 0 Å². The minimum Gasteiger partial charge on any atom is -0.481 e. The van der Waals surface area contributed by atoms with Crippen molar-refractivity contribution in [3.63, 3.8) is 0 Å². The Morgan fingerprint density at radius 2 is 2.17 bits per heavy atom. The molecule has 0 spiro atoms. The van der Waals surface area contributed by atoms with E-state index in [0.717, 1.165) is 6.42 Å². The minimum absolute atomic E-state index is 0.0571. The number of likely N-dealkylation sites (N-methyl/N-ethyl adjacent to an activating group) is 1. The van der Waals surface area contributed by atoms with Crippen LogP contribution >= 0.6 is 0 Å². The number of hydrogen-bond donors (Lipinski definition) is 2. The highest BCUT2D eigenvalue weighted by Gasteiger charge is 2.27. The van der Waals surface area contributed by atoms with Crippen LogP contribution in [0.25, 0.3) is 0 Å². The Kier molecular flexibility index (Phi) is 5.40. The van der Waals surface area contributed by atoms with Gasteiger partial charge in [-0.3, -0.25) is 4.79 Å². The Labute approximate surface area is 107 Å². The van der Waals surface area contributed by atoms with Gasteiger partial charge in [-0.25, -0.2) is 4.79 Å². The van der Waals surface area contributed by atoms with Crippen molar-refractivity contribution in [2.45, 2.75) is 38.8 Å². The molecule has 0 radical (unpaired) electrons. The molecule has 2 atom stereocenters. The fourth-order valence-corrected chi connectivity index (χ4v) is 1.90. The van der Waals surface area contributed by atoms with Crippen molar-refractivity contribution < 1.29 is 19.4 Å². The number of aliphatic carboxylic acids is 1. The van der Waals surface area contributed by atoms with E-state index < -0.39 is 5.97 Å². The van der Waals surface area contributed by atoms with Crippen LogP contribution in [0.2, 0.25) is 0 Å². The number of carboxylic acids is 1. The molecule has 1 saturated heterocycles. The molecule has 0 aromatic carbocycles. The lowest BCUT2D eigenvalue weighted by atomic mass is 10.0. The summed E-state index contributed by atoms with van der Waals surface area (Å²) in [5, 5.41) is 11.6. The van der Waals surface area contributed by atoms with E-state index >= 15 is 0 Å². The predicted molar refractivity (Wildman–Crippen MR) is 66.4 cm³/mol. The fourth-order valence-electron chi connectivity index (χ4n) is 1.90. The van der Waals surface area contributed by atoms with Crippen molar-refractivity contribution in [3.8, 4) is 0 Å². The molecular formula is C12H22N2O4. The first-order valence-electron chi connectivity index (χ1n) is 6.24. The number of ether oxygens (including phenoxy) is 1. The molecule has 0 saturated carbocycles. The summed E-state index contributed by atoms with van der Waals surface area (Å²) in [5.41, 5.74) is 0. The van der Waals surface area contributed by atoms with E-state index in [2.05, 4.69) is 5.32 Å². The van der Waals surface area contributed by atoms with Crippen LogP contribution in [0.3, 0.4) is 0 Å². The molecule has 18 heavy (non-hydrogen) atoms. The van der Waals surface area contributed by atoms with Gasteiger partial charge in [0.25, 0.3) is 0 Å². The molecule has 2 N–H and O–H groups in total. The maximum atomic E-state index is 12.0. The van der Waals surface area contributed by atoms with Gasteiger partial charge in [0, 0.05) is 19.7 Å². The third-order valence-electron chi connectivity index (χ3n) is 3.28. The summed E-state index contributed by atoms with van der Waals surface area (Å²) in [6.07, 6.45) is 0.771. The number of nitrogens with one attached hydrogen (secondary N) is 1. The smallest absolute Gasteiger partial charge is 0.317 e. The van der Waals surface area contributed by atoms with Crippen LogP contribution in [-0.4, -0.2) is 54.4 Å². The SMILES string of the molecule is CC(C)C(CC(=O)O)NC(=O)N(C)C1CCOC1. The molecule has 2 unspecified atom stereocenters. The zero-order valence-electron chi connectivity index (χ0n) is 11.2. The molecule has 2 amide bonds. The maximum Gasteiger partial charge on any atom is 0.317 e. The Hall–Kier alpha value is -1.30. The van der Waals surface area contributed by atoms with Crippen LogP contribution in [0.15, 0.2) is 0 Å². The normalized spacial score (nSPS) is 20.8. The first-order chi connectivity index (χ1) is 8.41. The average Bonchev–Trinajstić information content (AvgIpc) is 2.79. The first kappa shape index (κ1) is 14.8. The molecular weight excluding hydrogens is 236 g/mol. The van der Waals surface area contributed by atoms with Crippen molar-refractivity contribution in [2.75, 3.05) is 20.3 Å². The maximum absolute atomic E-state index is 12.0. The Morgan fingerprint density at radius 1 is 1.50 bits per heavy atom. The van der Waals surface area contributed by atoms with Crippen LogP contribution in [0, 0.1) is 5.92 Å². The summed E-state index contributed by atoms with van der Waals surface area (Å²) in [7, 11) is 1.72. The van der Waals surface area contributed by atoms with Crippen LogP contribution in [0.4, 0.5) is 4.79 Å². The van der Waals surface area contributed by atoms with Crippen LogP contribution in [0.1, 0.15) is 26.7 Å². The van der Waals surface area contributed by atoms with Gasteiger partial charge in [0.05, 0.1) is 19.1 Å². The van der Waals surface area contributed by atoms with Gasteiger partial charge in [-0.15, -0.1) is 0 Å². The Bertz CT molecular complexity index is 300. The molecule has 1 aliphatic rings. The lowest BCUT2D eigenvalue weighted by Gasteiger charge is -2.28. The molecule has 6 nitrogen and oxygen atoms in total. The Morgan fingerprint density at radius 3 is 2.61 bits per heavy atom. The molecule has 0 aliphatic carbocycles. The van der Waals surface area contributed by atoms with Crippen LogP contribution < -0.4 is 5.32 Å². The van der Waals surface area contributed by atoms with Gasteiger partial charge in [0.2, 0.25) is 0 Å². The number of carboxylic acid groups (broad SMARTS) is 1. The number of carbonyl (C=O) groups is 2. The van der Waals surface area contributed by atoms with Crippen molar-refractivity contribution >= 4 is 12.0 Å². The zero-order valence-corrected chi connectivity index (χ0v) is 11.2. The number of amides is 2. The monoisotopic (exact) mass is 258 g/mol. The topological polar surface area (TPSA) is 78.9 Å². The van der Waals surface area contributed by atoms with E-state index in [0.29, 0.717) is 13.2 Å². The highest BCUT2D eigenvalue weighted by molar-refractivity contribution is 5.76. The van der Waals surface area contributed by atoms with Crippen LogP contribution in [0.5, 0.6) is 0 Å². The van der Waals surface area contributed by atoms with E-state index in [9.17, 15) is 9.59 Å². The molecule has 0 bridgehead atoms. The highest BCUT2D eigenvalue weighted by atomic mass is 16.5. The lowest BCUT2D eigenvalue weighted by Crippen LogP contribution is -2.49. The molecule has 1 aliphatic heterocycles. The van der Waals surface area contributed by atoms with E-state index in [1.807, 2.05) is 13.8 Å². The standard InChI is InChI=1S/C12H22N2O4/c1-8(2)10(6-11(15)16)13-12(17)14(3)9-4-5-18-7-9/h8-10H,4-7H2,1-3H3,(H,13,17)(H,15,16). The fraction of sp³-hybridized carbons (Fsp3) is 0.833. The largest absolute Gasteiger partial charge is 0.481 e. The summed E-state index contributed by atoms with van der Waals surface area (Å²) in [6.45, 7) is 5.01. The third kappa shape index (κ3) is 4.18. The van der Waals surface area contributed by atoms with Gasteiger partial charge >= 0.3 is 12.0 Å². The van der Waals surface area contributed by atoms with Gasteiger partial charge < -0.3 is 20.1 Å². The second-order valence-electron chi connectivity index (χ2n) is 5.03. The number of rotatable bonds is 5. The van der Waals surface area contributed by atoms with Crippen molar-refractivity contribution in [3.05, 3.63) is 0 Å². The van der Waals surface area contributed by atoms with Crippen molar-refractivity contribution in [2.24, 2.45) is 5.92 Å². The first-order valence-corrected chi connectivity index (χ1v) is 6.24. The summed E-state index contributed by atoms with van der Waals surface area (Å²) < 4.78 is 5.23. The highest BCUT2D eigenvalue weighted by Crippen LogP contribution is 2.12. The molecule has 104 valence electrons. The van der Waals surface area contributed by atoms with Gasteiger partial charge in [0.1, 0.15) is 0 Å².